The number of aromatic amines is 1. The van der Waals surface area contributed by atoms with E-state index in [1.807, 2.05) is 25.1 Å². The Bertz CT molecular complexity index is 666. The first-order valence-electron chi connectivity index (χ1n) is 6.42. The van der Waals surface area contributed by atoms with Gasteiger partial charge in [0.2, 0.25) is 0 Å². The minimum absolute atomic E-state index is 0.0929. The first-order chi connectivity index (χ1) is 9.99. The van der Waals surface area contributed by atoms with Crippen molar-refractivity contribution >= 4 is 29.2 Å². The number of carbonyl (C=O) groups is 2. The number of para-hydroxylation sites is 1. The van der Waals surface area contributed by atoms with Crippen molar-refractivity contribution in [1.29, 1.82) is 0 Å². The molecule has 0 saturated carbocycles. The summed E-state index contributed by atoms with van der Waals surface area (Å²) in [6.07, 6.45) is 1.39. The number of halogens is 1. The molecular weight excluding hydrogens is 292 g/mol. The minimum Gasteiger partial charge on any atom is -0.481 e. The number of anilines is 1. The molecule has 0 aliphatic carbocycles. The predicted octanol–water partition coefficient (Wildman–Crippen LogP) is 3.10. The fourth-order valence-electron chi connectivity index (χ4n) is 2.04. The van der Waals surface area contributed by atoms with Gasteiger partial charge in [-0.05, 0) is 24.6 Å². The van der Waals surface area contributed by atoms with E-state index in [-0.39, 0.29) is 18.9 Å². The highest BCUT2D eigenvalue weighted by Crippen LogP contribution is 2.22. The predicted molar refractivity (Wildman–Crippen MR) is 80.9 cm³/mol. The van der Waals surface area contributed by atoms with Crippen LogP contribution in [0.3, 0.4) is 0 Å². The maximum absolute atomic E-state index is 12.6. The molecule has 110 valence electrons. The van der Waals surface area contributed by atoms with E-state index >= 15 is 0 Å². The zero-order chi connectivity index (χ0) is 15.4. The molecule has 2 N–H and O–H groups in total. The van der Waals surface area contributed by atoms with E-state index < -0.39 is 5.97 Å². The molecule has 0 fully saturated rings. The van der Waals surface area contributed by atoms with Crippen molar-refractivity contribution in [3.8, 4) is 0 Å². The fraction of sp³-hybridized carbons (Fsp3) is 0.200. The van der Waals surface area contributed by atoms with Crippen molar-refractivity contribution in [2.75, 3.05) is 11.4 Å². The molecule has 1 aromatic carbocycles. The summed E-state index contributed by atoms with van der Waals surface area (Å²) in [5.74, 6) is -1.26. The third-order valence-corrected chi connectivity index (χ3v) is 3.30. The van der Waals surface area contributed by atoms with Crippen LogP contribution in [0.4, 0.5) is 5.69 Å². The van der Waals surface area contributed by atoms with Crippen LogP contribution in [0.15, 0.2) is 36.5 Å². The number of carbonyl (C=O) groups excluding carboxylic acids is 1. The number of amides is 1. The minimum atomic E-state index is -0.953. The lowest BCUT2D eigenvalue weighted by molar-refractivity contribution is -0.136. The zero-order valence-corrected chi connectivity index (χ0v) is 12.2. The molecule has 0 bridgehead atoms. The van der Waals surface area contributed by atoms with Gasteiger partial charge in [-0.15, -0.1) is 0 Å². The molecule has 0 aliphatic rings. The molecule has 5 nitrogen and oxygen atoms in total. The normalized spacial score (nSPS) is 10.4. The van der Waals surface area contributed by atoms with Gasteiger partial charge in [0.15, 0.2) is 0 Å². The Morgan fingerprint density at radius 1 is 1.33 bits per heavy atom. The summed E-state index contributed by atoms with van der Waals surface area (Å²) in [5.41, 5.74) is 1.91. The number of carboxylic acids is 1. The van der Waals surface area contributed by atoms with Crippen molar-refractivity contribution in [2.45, 2.75) is 13.3 Å². The summed E-state index contributed by atoms with van der Waals surface area (Å²) in [6.45, 7) is 1.97. The molecule has 1 amide bonds. The first kappa shape index (κ1) is 15.1. The molecular formula is C15H15ClN2O3. The standard InChI is InChI=1S/C15H15ClN2O3/c1-10-4-2-3-5-13(10)18(7-6-14(19)20)15(21)12-8-11(16)9-17-12/h2-5,8-9,17H,6-7H2,1H3,(H,19,20). The Balaban J connectivity index is 2.34. The highest BCUT2D eigenvalue weighted by Gasteiger charge is 2.21. The zero-order valence-electron chi connectivity index (χ0n) is 11.5. The SMILES string of the molecule is Cc1ccccc1N(CCC(=O)O)C(=O)c1cc(Cl)c[nH]1. The van der Waals surface area contributed by atoms with Crippen molar-refractivity contribution < 1.29 is 14.7 Å². The molecule has 0 atom stereocenters. The largest absolute Gasteiger partial charge is 0.481 e. The van der Waals surface area contributed by atoms with E-state index in [1.165, 1.54) is 17.2 Å². The number of rotatable bonds is 5. The second-order valence-corrected chi connectivity index (χ2v) is 5.06. The number of nitrogens with zero attached hydrogens (tertiary/aromatic N) is 1. The average Bonchev–Trinajstić information content (AvgIpc) is 2.87. The van der Waals surface area contributed by atoms with Gasteiger partial charge in [0.25, 0.3) is 5.91 Å². The van der Waals surface area contributed by atoms with E-state index in [0.29, 0.717) is 16.4 Å². The highest BCUT2D eigenvalue weighted by molar-refractivity contribution is 6.31. The van der Waals surface area contributed by atoms with Gasteiger partial charge in [-0.3, -0.25) is 9.59 Å². The van der Waals surface area contributed by atoms with E-state index in [9.17, 15) is 9.59 Å². The van der Waals surface area contributed by atoms with Gasteiger partial charge < -0.3 is 15.0 Å². The van der Waals surface area contributed by atoms with Gasteiger partial charge in [-0.2, -0.15) is 0 Å². The number of hydrogen-bond donors (Lipinski definition) is 2. The Morgan fingerprint density at radius 2 is 2.05 bits per heavy atom. The van der Waals surface area contributed by atoms with Gasteiger partial charge in [-0.1, -0.05) is 29.8 Å². The lowest BCUT2D eigenvalue weighted by atomic mass is 10.1. The molecule has 1 heterocycles. The quantitative estimate of drug-likeness (QED) is 0.891. The molecule has 2 aromatic rings. The van der Waals surface area contributed by atoms with Crippen LogP contribution >= 0.6 is 11.6 Å². The first-order valence-corrected chi connectivity index (χ1v) is 6.80. The van der Waals surface area contributed by atoms with Gasteiger partial charge >= 0.3 is 5.97 Å². The summed E-state index contributed by atoms with van der Waals surface area (Å²) < 4.78 is 0. The Labute approximate surface area is 127 Å². The van der Waals surface area contributed by atoms with Crippen LogP contribution in [0.2, 0.25) is 5.02 Å². The number of aromatic nitrogens is 1. The number of carboxylic acid groups (broad SMARTS) is 1. The topological polar surface area (TPSA) is 73.4 Å². The van der Waals surface area contributed by atoms with Crippen molar-refractivity contribution in [3.05, 3.63) is 52.8 Å². The molecule has 0 aliphatic heterocycles. The Morgan fingerprint density at radius 3 is 2.62 bits per heavy atom. The molecule has 6 heteroatoms. The molecule has 21 heavy (non-hydrogen) atoms. The summed E-state index contributed by atoms with van der Waals surface area (Å²) in [4.78, 5) is 27.6. The van der Waals surface area contributed by atoms with Crippen LogP contribution in [0.5, 0.6) is 0 Å². The fourth-order valence-corrected chi connectivity index (χ4v) is 2.21. The van der Waals surface area contributed by atoms with Crippen molar-refractivity contribution in [2.24, 2.45) is 0 Å². The number of aryl methyl sites for hydroxylation is 1. The Kier molecular flexibility index (Phi) is 4.65. The third kappa shape index (κ3) is 3.64. The van der Waals surface area contributed by atoms with E-state index in [4.69, 9.17) is 16.7 Å². The van der Waals surface area contributed by atoms with Crippen molar-refractivity contribution in [1.82, 2.24) is 4.98 Å². The second-order valence-electron chi connectivity index (χ2n) is 4.62. The van der Waals surface area contributed by atoms with E-state index in [0.717, 1.165) is 5.56 Å². The average molecular weight is 307 g/mol. The number of H-pyrrole nitrogens is 1. The third-order valence-electron chi connectivity index (χ3n) is 3.08. The number of nitrogens with one attached hydrogen (secondary N) is 1. The van der Waals surface area contributed by atoms with Crippen LogP contribution in [-0.4, -0.2) is 28.5 Å². The summed E-state index contributed by atoms with van der Waals surface area (Å²) >= 11 is 5.82. The molecule has 0 saturated heterocycles. The summed E-state index contributed by atoms with van der Waals surface area (Å²) in [5, 5.41) is 9.30. The molecule has 2 rings (SSSR count). The van der Waals surface area contributed by atoms with Gasteiger partial charge in [0.05, 0.1) is 11.4 Å². The number of hydrogen-bond acceptors (Lipinski definition) is 2. The van der Waals surface area contributed by atoms with E-state index in [2.05, 4.69) is 4.98 Å². The molecule has 0 spiro atoms. The number of benzene rings is 1. The molecule has 0 radical (unpaired) electrons. The lowest BCUT2D eigenvalue weighted by Gasteiger charge is -2.23. The molecule has 1 aromatic heterocycles. The monoisotopic (exact) mass is 306 g/mol. The summed E-state index contributed by atoms with van der Waals surface area (Å²) in [6, 6.07) is 8.86. The molecule has 0 unspecified atom stereocenters. The van der Waals surface area contributed by atoms with Crippen LogP contribution in [-0.2, 0) is 4.79 Å². The van der Waals surface area contributed by atoms with Gasteiger partial charge in [0, 0.05) is 18.4 Å². The Hall–Kier alpha value is -2.27. The highest BCUT2D eigenvalue weighted by atomic mass is 35.5. The van der Waals surface area contributed by atoms with Gasteiger partial charge in [0.1, 0.15) is 5.69 Å². The van der Waals surface area contributed by atoms with Crippen LogP contribution in [0.25, 0.3) is 0 Å². The maximum Gasteiger partial charge on any atom is 0.305 e. The lowest BCUT2D eigenvalue weighted by Crippen LogP contribution is -2.33. The van der Waals surface area contributed by atoms with Crippen LogP contribution in [0, 0.1) is 6.92 Å². The van der Waals surface area contributed by atoms with E-state index in [1.54, 1.807) is 6.07 Å². The smallest absolute Gasteiger partial charge is 0.305 e. The van der Waals surface area contributed by atoms with Crippen LogP contribution in [0.1, 0.15) is 22.5 Å². The maximum atomic E-state index is 12.6. The van der Waals surface area contributed by atoms with Crippen molar-refractivity contribution in [3.63, 3.8) is 0 Å². The van der Waals surface area contributed by atoms with Gasteiger partial charge in [-0.25, -0.2) is 0 Å². The number of aliphatic carboxylic acids is 1. The summed E-state index contributed by atoms with van der Waals surface area (Å²) in [7, 11) is 0. The van der Waals surface area contributed by atoms with Crippen LogP contribution < -0.4 is 4.90 Å². The second kappa shape index (κ2) is 6.45.